The normalized spacial score (nSPS) is 10.4. The van der Waals surface area contributed by atoms with Gasteiger partial charge in [0.05, 0.1) is 13.2 Å². The summed E-state index contributed by atoms with van der Waals surface area (Å²) in [7, 11) is 0. The topological polar surface area (TPSA) is 61.8 Å². The molecule has 0 aliphatic rings. The molecule has 0 fully saturated rings. The van der Waals surface area contributed by atoms with Crippen molar-refractivity contribution in [3.05, 3.63) is 48.0 Å². The monoisotopic (exact) mass is 278 g/mol. The number of ether oxygens (including phenoxy) is 3. The van der Waals surface area contributed by atoms with Gasteiger partial charge in [-0.3, -0.25) is 0 Å². The van der Waals surface area contributed by atoms with Gasteiger partial charge in [-0.15, -0.1) is 0 Å². The molecule has 1 aromatic carbocycles. The highest BCUT2D eigenvalue weighted by Gasteiger charge is 2.05. The van der Waals surface area contributed by atoms with E-state index in [2.05, 4.69) is 4.74 Å². The Balaban J connectivity index is 2.03. The Labute approximate surface area is 118 Å². The van der Waals surface area contributed by atoms with E-state index in [9.17, 15) is 9.59 Å². The molecule has 1 rings (SSSR count). The van der Waals surface area contributed by atoms with Gasteiger partial charge < -0.3 is 14.2 Å². The van der Waals surface area contributed by atoms with Crippen LogP contribution in [-0.2, 0) is 30.4 Å². The van der Waals surface area contributed by atoms with Crippen LogP contribution in [0, 0.1) is 0 Å². The van der Waals surface area contributed by atoms with Crippen molar-refractivity contribution in [2.24, 2.45) is 0 Å². The maximum Gasteiger partial charge on any atom is 0.344 e. The summed E-state index contributed by atoms with van der Waals surface area (Å²) in [4.78, 5) is 22.1. The molecule has 0 bridgehead atoms. The molecule has 0 amide bonds. The minimum Gasteiger partial charge on any atom is -0.461 e. The zero-order chi connectivity index (χ0) is 14.6. The van der Waals surface area contributed by atoms with Gasteiger partial charge in [0.1, 0.15) is 6.61 Å². The van der Waals surface area contributed by atoms with E-state index in [4.69, 9.17) is 9.47 Å². The minimum absolute atomic E-state index is 0.132. The molecule has 0 radical (unpaired) electrons. The second-order valence-electron chi connectivity index (χ2n) is 3.87. The van der Waals surface area contributed by atoms with E-state index in [1.807, 2.05) is 30.3 Å². The van der Waals surface area contributed by atoms with Crippen LogP contribution in [0.15, 0.2) is 42.5 Å². The summed E-state index contributed by atoms with van der Waals surface area (Å²) in [5, 5.41) is 0. The summed E-state index contributed by atoms with van der Waals surface area (Å²) >= 11 is 0. The summed E-state index contributed by atoms with van der Waals surface area (Å²) < 4.78 is 14.8. The molecule has 20 heavy (non-hydrogen) atoms. The smallest absolute Gasteiger partial charge is 0.344 e. The first kappa shape index (κ1) is 15.9. The first-order chi connectivity index (χ1) is 9.72. The Bertz CT molecular complexity index is 439. The van der Waals surface area contributed by atoms with Crippen LogP contribution in [0.4, 0.5) is 0 Å². The van der Waals surface area contributed by atoms with E-state index in [1.165, 1.54) is 12.2 Å². The summed E-state index contributed by atoms with van der Waals surface area (Å²) in [6, 6.07) is 9.69. The van der Waals surface area contributed by atoms with Gasteiger partial charge in [0, 0.05) is 6.08 Å². The van der Waals surface area contributed by atoms with E-state index in [0.717, 1.165) is 5.56 Å². The fourth-order valence-electron chi connectivity index (χ4n) is 1.33. The van der Waals surface area contributed by atoms with Gasteiger partial charge >= 0.3 is 11.9 Å². The Morgan fingerprint density at radius 1 is 1.10 bits per heavy atom. The standard InChI is InChI=1S/C15H18O5/c1-2-6-14(16)20-12-15(17)19-10-9-18-11-13-7-4-3-5-8-13/h2-8H,9-12H2,1H3/b6-2-. The van der Waals surface area contributed by atoms with E-state index in [-0.39, 0.29) is 13.2 Å². The molecule has 5 nitrogen and oxygen atoms in total. The van der Waals surface area contributed by atoms with Gasteiger partial charge in [0.2, 0.25) is 0 Å². The van der Waals surface area contributed by atoms with Crippen molar-refractivity contribution >= 4 is 11.9 Å². The lowest BCUT2D eigenvalue weighted by Crippen LogP contribution is -2.17. The molecule has 0 heterocycles. The SMILES string of the molecule is C/C=C\C(=O)OCC(=O)OCCOCc1ccccc1. The van der Waals surface area contributed by atoms with Crippen molar-refractivity contribution in [2.75, 3.05) is 19.8 Å². The van der Waals surface area contributed by atoms with Crippen molar-refractivity contribution in [3.63, 3.8) is 0 Å². The Kier molecular flexibility index (Phi) is 7.76. The van der Waals surface area contributed by atoms with Crippen LogP contribution < -0.4 is 0 Å². The predicted molar refractivity (Wildman–Crippen MR) is 72.8 cm³/mol. The third kappa shape index (κ3) is 7.33. The molecule has 0 aromatic heterocycles. The average Bonchev–Trinajstić information content (AvgIpc) is 2.46. The lowest BCUT2D eigenvalue weighted by atomic mass is 10.2. The van der Waals surface area contributed by atoms with Crippen molar-refractivity contribution in [1.82, 2.24) is 0 Å². The number of carbonyl (C=O) groups excluding carboxylic acids is 2. The molecule has 0 atom stereocenters. The van der Waals surface area contributed by atoms with Crippen LogP contribution >= 0.6 is 0 Å². The molecule has 0 aliphatic heterocycles. The lowest BCUT2D eigenvalue weighted by Gasteiger charge is -2.06. The third-order valence-electron chi connectivity index (χ3n) is 2.24. The van der Waals surface area contributed by atoms with E-state index >= 15 is 0 Å². The zero-order valence-electron chi connectivity index (χ0n) is 11.4. The van der Waals surface area contributed by atoms with Crippen molar-refractivity contribution in [2.45, 2.75) is 13.5 Å². The highest BCUT2D eigenvalue weighted by Crippen LogP contribution is 2.00. The van der Waals surface area contributed by atoms with Gasteiger partial charge in [-0.2, -0.15) is 0 Å². The Hall–Kier alpha value is -2.14. The number of hydrogen-bond donors (Lipinski definition) is 0. The predicted octanol–water partition coefficient (Wildman–Crippen LogP) is 1.87. The van der Waals surface area contributed by atoms with Crippen LogP contribution in [0.3, 0.4) is 0 Å². The molecule has 0 saturated carbocycles. The number of allylic oxidation sites excluding steroid dienone is 1. The van der Waals surface area contributed by atoms with Crippen LogP contribution in [0.25, 0.3) is 0 Å². The Morgan fingerprint density at radius 2 is 1.85 bits per heavy atom. The van der Waals surface area contributed by atoms with Gasteiger partial charge in [-0.25, -0.2) is 9.59 Å². The van der Waals surface area contributed by atoms with Gasteiger partial charge in [0.25, 0.3) is 0 Å². The molecule has 5 heteroatoms. The molecule has 1 aromatic rings. The fraction of sp³-hybridized carbons (Fsp3) is 0.333. The zero-order valence-corrected chi connectivity index (χ0v) is 11.4. The highest BCUT2D eigenvalue weighted by molar-refractivity contribution is 5.84. The van der Waals surface area contributed by atoms with Crippen LogP contribution in [0.1, 0.15) is 12.5 Å². The average molecular weight is 278 g/mol. The fourth-order valence-corrected chi connectivity index (χ4v) is 1.33. The number of hydrogen-bond acceptors (Lipinski definition) is 5. The minimum atomic E-state index is -0.592. The van der Waals surface area contributed by atoms with Gasteiger partial charge in [-0.1, -0.05) is 36.4 Å². The largest absolute Gasteiger partial charge is 0.461 e. The molecule has 0 N–H and O–H groups in total. The Morgan fingerprint density at radius 3 is 2.55 bits per heavy atom. The molecular weight excluding hydrogens is 260 g/mol. The lowest BCUT2D eigenvalue weighted by molar-refractivity contribution is -0.157. The first-order valence-corrected chi connectivity index (χ1v) is 6.29. The van der Waals surface area contributed by atoms with Crippen molar-refractivity contribution in [3.8, 4) is 0 Å². The maximum atomic E-state index is 11.2. The third-order valence-corrected chi connectivity index (χ3v) is 2.24. The maximum absolute atomic E-state index is 11.2. The molecule has 0 unspecified atom stereocenters. The molecule has 108 valence electrons. The van der Waals surface area contributed by atoms with E-state index in [1.54, 1.807) is 6.92 Å². The van der Waals surface area contributed by atoms with Crippen LogP contribution in [-0.4, -0.2) is 31.8 Å². The first-order valence-electron chi connectivity index (χ1n) is 6.29. The highest BCUT2D eigenvalue weighted by atomic mass is 16.6. The summed E-state index contributed by atoms with van der Waals surface area (Å²) in [6.07, 6.45) is 2.77. The van der Waals surface area contributed by atoms with E-state index < -0.39 is 11.9 Å². The second kappa shape index (κ2) is 9.75. The number of esters is 2. The number of carbonyl (C=O) groups is 2. The molecule has 0 aliphatic carbocycles. The van der Waals surface area contributed by atoms with Crippen LogP contribution in [0.5, 0.6) is 0 Å². The molecular formula is C15H18O5. The quantitative estimate of drug-likeness (QED) is 0.412. The van der Waals surface area contributed by atoms with E-state index in [0.29, 0.717) is 13.2 Å². The summed E-state index contributed by atoms with van der Waals surface area (Å²) in [5.74, 6) is -1.16. The van der Waals surface area contributed by atoms with Crippen LogP contribution in [0.2, 0.25) is 0 Å². The van der Waals surface area contributed by atoms with Crippen molar-refractivity contribution in [1.29, 1.82) is 0 Å². The van der Waals surface area contributed by atoms with Gasteiger partial charge in [0.15, 0.2) is 6.61 Å². The number of rotatable bonds is 8. The second-order valence-corrected chi connectivity index (χ2v) is 3.87. The summed E-state index contributed by atoms with van der Waals surface area (Å²) in [6.45, 7) is 2.19. The molecule has 0 spiro atoms. The number of benzene rings is 1. The molecule has 0 saturated heterocycles. The van der Waals surface area contributed by atoms with Crippen molar-refractivity contribution < 1.29 is 23.8 Å². The van der Waals surface area contributed by atoms with Gasteiger partial charge in [-0.05, 0) is 12.5 Å². The summed E-state index contributed by atoms with van der Waals surface area (Å²) in [5.41, 5.74) is 1.05.